The lowest BCUT2D eigenvalue weighted by Gasteiger charge is -2.25. The second-order valence-corrected chi connectivity index (χ2v) is 3.73. The van der Waals surface area contributed by atoms with Gasteiger partial charge in [-0.3, -0.25) is 0 Å². The van der Waals surface area contributed by atoms with E-state index in [0.29, 0.717) is 6.54 Å². The van der Waals surface area contributed by atoms with Crippen molar-refractivity contribution in [2.75, 3.05) is 11.4 Å². The van der Waals surface area contributed by atoms with Gasteiger partial charge < -0.3 is 4.90 Å². The van der Waals surface area contributed by atoms with Crippen molar-refractivity contribution < 1.29 is 0 Å². The highest BCUT2D eigenvalue weighted by Crippen LogP contribution is 2.22. The van der Waals surface area contributed by atoms with Crippen molar-refractivity contribution in [2.24, 2.45) is 0 Å². The smallest absolute Gasteiger partial charge is 0.0840 e. The van der Waals surface area contributed by atoms with Crippen LogP contribution in [0.5, 0.6) is 0 Å². The topological polar surface area (TPSA) is 3.24 Å². The maximum absolute atomic E-state index is 5.43. The van der Waals surface area contributed by atoms with Gasteiger partial charge in [-0.2, -0.15) is 0 Å². The zero-order valence-corrected chi connectivity index (χ0v) is 9.26. The minimum atomic E-state index is 0.611. The van der Waals surface area contributed by atoms with Crippen LogP contribution in [-0.2, 0) is 0 Å². The summed E-state index contributed by atoms with van der Waals surface area (Å²) in [5, 5.41) is 0. The van der Waals surface area contributed by atoms with Crippen molar-refractivity contribution in [1.82, 2.24) is 0 Å². The van der Waals surface area contributed by atoms with E-state index in [1.807, 2.05) is 18.2 Å². The van der Waals surface area contributed by atoms with Crippen LogP contribution in [0.25, 0.3) is 0 Å². The first-order chi connectivity index (χ1) is 7.92. The summed E-state index contributed by atoms with van der Waals surface area (Å²) < 4.78 is 0. The summed E-state index contributed by atoms with van der Waals surface area (Å²) in [5.74, 6) is 2.71. The molecule has 0 aliphatic heterocycles. The Kier molecular flexibility index (Phi) is 3.46. The van der Waals surface area contributed by atoms with Gasteiger partial charge in [0.1, 0.15) is 0 Å². The third-order valence-corrected chi connectivity index (χ3v) is 2.60. The van der Waals surface area contributed by atoms with E-state index in [9.17, 15) is 0 Å². The molecule has 1 nitrogen and oxygen atoms in total. The lowest BCUT2D eigenvalue weighted by molar-refractivity contribution is 0.964. The molecule has 0 atom stereocenters. The molecular weight excluding hydrogens is 194 g/mol. The van der Waals surface area contributed by atoms with Gasteiger partial charge >= 0.3 is 0 Å². The average Bonchev–Trinajstić information content (AvgIpc) is 2.38. The normalized spacial score (nSPS) is 14.1. The highest BCUT2D eigenvalue weighted by molar-refractivity contribution is 5.55. The molecule has 0 radical (unpaired) electrons. The Morgan fingerprint density at radius 1 is 1.19 bits per heavy atom. The molecule has 1 heteroatoms. The number of rotatable bonds is 3. The summed E-state index contributed by atoms with van der Waals surface area (Å²) in [5.41, 5.74) is 2.36. The van der Waals surface area contributed by atoms with Crippen molar-refractivity contribution in [3.05, 3.63) is 54.3 Å². The molecule has 16 heavy (non-hydrogen) atoms. The van der Waals surface area contributed by atoms with Crippen LogP contribution in [0.3, 0.4) is 0 Å². The zero-order valence-electron chi connectivity index (χ0n) is 9.26. The Balaban J connectivity index is 2.28. The van der Waals surface area contributed by atoms with Gasteiger partial charge in [0.25, 0.3) is 0 Å². The van der Waals surface area contributed by atoms with Crippen LogP contribution in [0.4, 0.5) is 5.69 Å². The van der Waals surface area contributed by atoms with Gasteiger partial charge in [0, 0.05) is 11.4 Å². The monoisotopic (exact) mass is 209 g/mol. The summed E-state index contributed by atoms with van der Waals surface area (Å²) in [4.78, 5) is 2.16. The standard InChI is InChI=1S/C15H15N/c1-2-13-16(14-9-5-3-6-10-14)15-11-7-4-8-12-15/h1,3,5-7,9-12H,4,8,13H2. The highest BCUT2D eigenvalue weighted by atomic mass is 15.1. The van der Waals surface area contributed by atoms with Crippen LogP contribution in [0, 0.1) is 12.3 Å². The minimum absolute atomic E-state index is 0.611. The van der Waals surface area contributed by atoms with Gasteiger partial charge in [0.15, 0.2) is 0 Å². The summed E-state index contributed by atoms with van der Waals surface area (Å²) in [6, 6.07) is 10.3. The van der Waals surface area contributed by atoms with Crippen molar-refractivity contribution in [3.8, 4) is 12.3 Å². The maximum Gasteiger partial charge on any atom is 0.0840 e. The predicted molar refractivity (Wildman–Crippen MR) is 69.1 cm³/mol. The molecular formula is C15H15N. The maximum atomic E-state index is 5.43. The molecule has 0 amide bonds. The molecule has 1 aromatic carbocycles. The van der Waals surface area contributed by atoms with Crippen molar-refractivity contribution in [2.45, 2.75) is 12.8 Å². The molecule has 0 saturated carbocycles. The van der Waals surface area contributed by atoms with Crippen LogP contribution < -0.4 is 4.90 Å². The van der Waals surface area contributed by atoms with Crippen molar-refractivity contribution in [3.63, 3.8) is 0 Å². The van der Waals surface area contributed by atoms with E-state index in [-0.39, 0.29) is 0 Å². The zero-order chi connectivity index (χ0) is 11.2. The third-order valence-electron chi connectivity index (χ3n) is 2.60. The van der Waals surface area contributed by atoms with Gasteiger partial charge in [0.2, 0.25) is 0 Å². The fraction of sp³-hybridized carbons (Fsp3) is 0.200. The van der Waals surface area contributed by atoms with E-state index in [4.69, 9.17) is 6.42 Å². The molecule has 0 saturated heterocycles. The van der Waals surface area contributed by atoms with Crippen LogP contribution >= 0.6 is 0 Å². The molecule has 2 rings (SSSR count). The Morgan fingerprint density at radius 2 is 2.00 bits per heavy atom. The average molecular weight is 209 g/mol. The molecule has 0 aromatic heterocycles. The first kappa shape index (κ1) is 10.6. The number of hydrogen-bond donors (Lipinski definition) is 0. The SMILES string of the molecule is C#CCN(C1=CCCC=C1)c1ccccc1. The third kappa shape index (κ3) is 2.35. The fourth-order valence-electron chi connectivity index (χ4n) is 1.83. The highest BCUT2D eigenvalue weighted by Gasteiger charge is 2.09. The predicted octanol–water partition coefficient (Wildman–Crippen LogP) is 3.36. The molecule has 1 aliphatic rings. The molecule has 1 aromatic rings. The van der Waals surface area contributed by atoms with Crippen LogP contribution in [0.15, 0.2) is 54.3 Å². The van der Waals surface area contributed by atoms with Crippen LogP contribution in [-0.4, -0.2) is 6.54 Å². The summed E-state index contributed by atoms with van der Waals surface area (Å²) in [6.45, 7) is 0.611. The van der Waals surface area contributed by atoms with Crippen LogP contribution in [0.1, 0.15) is 12.8 Å². The van der Waals surface area contributed by atoms with Gasteiger partial charge in [0.05, 0.1) is 6.54 Å². The molecule has 80 valence electrons. The summed E-state index contributed by atoms with van der Waals surface area (Å²) in [6.07, 6.45) is 14.2. The van der Waals surface area contributed by atoms with Crippen molar-refractivity contribution >= 4 is 5.69 Å². The first-order valence-corrected chi connectivity index (χ1v) is 5.54. The largest absolute Gasteiger partial charge is 0.330 e. The fourth-order valence-corrected chi connectivity index (χ4v) is 1.83. The Labute approximate surface area is 97.1 Å². The molecule has 0 spiro atoms. The van der Waals surface area contributed by atoms with E-state index in [1.54, 1.807) is 0 Å². The lowest BCUT2D eigenvalue weighted by atomic mass is 10.1. The number of nitrogens with zero attached hydrogens (tertiary/aromatic N) is 1. The van der Waals surface area contributed by atoms with Crippen LogP contribution in [0.2, 0.25) is 0 Å². The second kappa shape index (κ2) is 5.23. The number of benzene rings is 1. The van der Waals surface area contributed by atoms with Gasteiger partial charge in [-0.05, 0) is 31.1 Å². The van der Waals surface area contributed by atoms with E-state index < -0.39 is 0 Å². The quantitative estimate of drug-likeness (QED) is 0.690. The molecule has 1 aliphatic carbocycles. The Bertz CT molecular complexity index is 434. The summed E-state index contributed by atoms with van der Waals surface area (Å²) in [7, 11) is 0. The van der Waals surface area contributed by atoms with Crippen molar-refractivity contribution in [1.29, 1.82) is 0 Å². The number of para-hydroxylation sites is 1. The number of hydrogen-bond acceptors (Lipinski definition) is 1. The number of anilines is 1. The molecule has 0 heterocycles. The lowest BCUT2D eigenvalue weighted by Crippen LogP contribution is -2.22. The molecule has 0 fully saturated rings. The number of terminal acetylenes is 1. The molecule has 0 N–H and O–H groups in total. The minimum Gasteiger partial charge on any atom is -0.330 e. The first-order valence-electron chi connectivity index (χ1n) is 5.54. The van der Waals surface area contributed by atoms with Gasteiger partial charge in [-0.25, -0.2) is 0 Å². The van der Waals surface area contributed by atoms with Gasteiger partial charge in [-0.15, -0.1) is 6.42 Å². The molecule has 0 bridgehead atoms. The van der Waals surface area contributed by atoms with Gasteiger partial charge in [-0.1, -0.05) is 36.3 Å². The van der Waals surface area contributed by atoms with E-state index in [0.717, 1.165) is 18.5 Å². The molecule has 0 unspecified atom stereocenters. The Hall–Kier alpha value is -1.94. The van der Waals surface area contributed by atoms with E-state index in [1.165, 1.54) is 5.70 Å². The Morgan fingerprint density at radius 3 is 2.62 bits per heavy atom. The summed E-state index contributed by atoms with van der Waals surface area (Å²) >= 11 is 0. The van der Waals surface area contributed by atoms with E-state index in [2.05, 4.69) is 41.2 Å². The number of allylic oxidation sites excluding steroid dienone is 3. The second-order valence-electron chi connectivity index (χ2n) is 3.73. The van der Waals surface area contributed by atoms with E-state index >= 15 is 0 Å².